The van der Waals surface area contributed by atoms with Gasteiger partial charge in [0.2, 0.25) is 0 Å². The predicted octanol–water partition coefficient (Wildman–Crippen LogP) is 7.91. The number of anilines is 2. The van der Waals surface area contributed by atoms with Gasteiger partial charge in [-0.15, -0.1) is 0 Å². The van der Waals surface area contributed by atoms with Gasteiger partial charge in [0.25, 0.3) is 11.8 Å². The van der Waals surface area contributed by atoms with Crippen LogP contribution in [0.5, 0.6) is 11.5 Å². The van der Waals surface area contributed by atoms with Crippen LogP contribution in [0.15, 0.2) is 107 Å². The first-order valence-electron chi connectivity index (χ1n) is 12.9. The SMILES string of the molecule is Cc1cccc(OC(C)C(=O)Nc2ccccc2SSc2ccccc2NC(=O)C(C)Oc2cccc(C)c2)c1. The Balaban J connectivity index is 1.38. The molecule has 0 saturated carbocycles. The van der Waals surface area contributed by atoms with Crippen LogP contribution in [0.4, 0.5) is 11.4 Å². The van der Waals surface area contributed by atoms with E-state index in [0.717, 1.165) is 20.9 Å². The molecule has 0 aromatic heterocycles. The molecule has 2 amide bonds. The summed E-state index contributed by atoms with van der Waals surface area (Å²) < 4.78 is 11.7. The number of rotatable bonds is 11. The van der Waals surface area contributed by atoms with Gasteiger partial charge in [0.05, 0.1) is 11.4 Å². The zero-order valence-corrected chi connectivity index (χ0v) is 24.5. The van der Waals surface area contributed by atoms with Crippen molar-refractivity contribution in [1.82, 2.24) is 0 Å². The van der Waals surface area contributed by atoms with Crippen molar-refractivity contribution in [2.75, 3.05) is 10.6 Å². The Morgan fingerprint density at radius 1 is 0.600 bits per heavy atom. The zero-order valence-electron chi connectivity index (χ0n) is 22.8. The first kappa shape index (κ1) is 29.1. The molecule has 0 radical (unpaired) electrons. The Hall–Kier alpha value is -3.88. The Bertz CT molecular complexity index is 1370. The van der Waals surface area contributed by atoms with Crippen molar-refractivity contribution in [2.24, 2.45) is 0 Å². The molecule has 0 heterocycles. The standard InChI is InChI=1S/C32H32N2O4S2/c1-21-11-9-13-25(19-21)37-23(3)31(35)33-27-15-5-7-17-29(27)39-40-30-18-8-6-16-28(30)34-32(36)24(4)38-26-14-10-12-22(2)20-26/h5-20,23-24H,1-4H3,(H,33,35)(H,34,36). The third-order valence-electron chi connectivity index (χ3n) is 5.85. The van der Waals surface area contributed by atoms with Gasteiger partial charge in [-0.2, -0.15) is 0 Å². The third-order valence-corrected chi connectivity index (χ3v) is 8.34. The molecule has 206 valence electrons. The molecule has 4 aromatic rings. The molecule has 6 nitrogen and oxygen atoms in total. The maximum Gasteiger partial charge on any atom is 0.265 e. The van der Waals surface area contributed by atoms with Crippen LogP contribution in [0.1, 0.15) is 25.0 Å². The lowest BCUT2D eigenvalue weighted by Gasteiger charge is -2.17. The highest BCUT2D eigenvalue weighted by molar-refractivity contribution is 8.76. The fourth-order valence-electron chi connectivity index (χ4n) is 3.74. The molecular weight excluding hydrogens is 540 g/mol. The average molecular weight is 573 g/mol. The first-order valence-corrected chi connectivity index (χ1v) is 15.0. The van der Waals surface area contributed by atoms with Crippen LogP contribution < -0.4 is 20.1 Å². The van der Waals surface area contributed by atoms with Crippen LogP contribution in [0, 0.1) is 13.8 Å². The number of benzene rings is 4. The lowest BCUT2D eigenvalue weighted by molar-refractivity contribution is -0.122. The minimum Gasteiger partial charge on any atom is -0.481 e. The number of ether oxygens (including phenoxy) is 2. The van der Waals surface area contributed by atoms with Crippen molar-refractivity contribution in [3.63, 3.8) is 0 Å². The molecule has 0 aliphatic heterocycles. The Kier molecular flexibility index (Phi) is 10.2. The summed E-state index contributed by atoms with van der Waals surface area (Å²) >= 11 is 0. The van der Waals surface area contributed by atoms with Crippen LogP contribution in [0.3, 0.4) is 0 Å². The van der Waals surface area contributed by atoms with E-state index in [2.05, 4.69) is 10.6 Å². The van der Waals surface area contributed by atoms with Crippen molar-refractivity contribution >= 4 is 44.8 Å². The molecule has 0 aliphatic carbocycles. The topological polar surface area (TPSA) is 76.7 Å². The summed E-state index contributed by atoms with van der Waals surface area (Å²) in [5.41, 5.74) is 3.50. The van der Waals surface area contributed by atoms with Gasteiger partial charge in [-0.1, -0.05) is 70.1 Å². The molecule has 4 aromatic carbocycles. The smallest absolute Gasteiger partial charge is 0.265 e. The number of hydrogen-bond acceptors (Lipinski definition) is 6. The van der Waals surface area contributed by atoms with Crippen molar-refractivity contribution < 1.29 is 19.1 Å². The Morgan fingerprint density at radius 2 is 1.00 bits per heavy atom. The molecule has 0 saturated heterocycles. The highest BCUT2D eigenvalue weighted by atomic mass is 33.1. The number of aryl methyl sites for hydroxylation is 2. The highest BCUT2D eigenvalue weighted by Gasteiger charge is 2.19. The van der Waals surface area contributed by atoms with E-state index in [1.807, 2.05) is 111 Å². The van der Waals surface area contributed by atoms with Gasteiger partial charge in [-0.25, -0.2) is 0 Å². The largest absolute Gasteiger partial charge is 0.481 e. The fraction of sp³-hybridized carbons (Fsp3) is 0.188. The summed E-state index contributed by atoms with van der Waals surface area (Å²) in [7, 11) is 2.98. The molecule has 0 spiro atoms. The summed E-state index contributed by atoms with van der Waals surface area (Å²) in [6.07, 6.45) is -1.35. The second-order valence-electron chi connectivity index (χ2n) is 9.29. The van der Waals surface area contributed by atoms with Crippen LogP contribution >= 0.6 is 21.6 Å². The summed E-state index contributed by atoms with van der Waals surface area (Å²) in [6.45, 7) is 7.41. The molecular formula is C32H32N2O4S2. The van der Waals surface area contributed by atoms with Gasteiger partial charge in [-0.05, 0) is 87.4 Å². The van der Waals surface area contributed by atoms with Crippen LogP contribution in [-0.2, 0) is 9.59 Å². The van der Waals surface area contributed by atoms with Crippen molar-refractivity contribution in [1.29, 1.82) is 0 Å². The number of amides is 2. The Labute approximate surface area is 243 Å². The minimum atomic E-state index is -0.674. The third kappa shape index (κ3) is 8.31. The first-order chi connectivity index (χ1) is 19.3. The van der Waals surface area contributed by atoms with E-state index in [4.69, 9.17) is 9.47 Å². The molecule has 2 unspecified atom stereocenters. The normalized spacial score (nSPS) is 12.2. The quantitative estimate of drug-likeness (QED) is 0.178. The highest BCUT2D eigenvalue weighted by Crippen LogP contribution is 2.43. The monoisotopic (exact) mass is 572 g/mol. The Morgan fingerprint density at radius 3 is 1.40 bits per heavy atom. The van der Waals surface area contributed by atoms with Gasteiger partial charge in [0.1, 0.15) is 11.5 Å². The van der Waals surface area contributed by atoms with Gasteiger partial charge in [0.15, 0.2) is 12.2 Å². The summed E-state index contributed by atoms with van der Waals surface area (Å²) in [5, 5.41) is 5.97. The predicted molar refractivity (Wildman–Crippen MR) is 164 cm³/mol. The van der Waals surface area contributed by atoms with Crippen molar-refractivity contribution in [3.8, 4) is 11.5 Å². The van der Waals surface area contributed by atoms with E-state index in [1.54, 1.807) is 13.8 Å². The number of carbonyl (C=O) groups is 2. The van der Waals surface area contributed by atoms with Crippen LogP contribution in [0.25, 0.3) is 0 Å². The summed E-state index contributed by atoms with van der Waals surface area (Å²) in [4.78, 5) is 27.6. The summed E-state index contributed by atoms with van der Waals surface area (Å²) in [6, 6.07) is 30.4. The number of nitrogens with one attached hydrogen (secondary N) is 2. The maximum atomic E-state index is 12.9. The number of hydrogen-bond donors (Lipinski definition) is 2. The van der Waals surface area contributed by atoms with Gasteiger partial charge in [0, 0.05) is 9.79 Å². The van der Waals surface area contributed by atoms with Gasteiger partial charge >= 0.3 is 0 Å². The fourth-order valence-corrected chi connectivity index (χ4v) is 6.01. The molecule has 0 fully saturated rings. The van der Waals surface area contributed by atoms with E-state index in [0.29, 0.717) is 22.9 Å². The second kappa shape index (κ2) is 14.0. The maximum absolute atomic E-state index is 12.9. The molecule has 4 rings (SSSR count). The van der Waals surface area contributed by atoms with Crippen molar-refractivity contribution in [2.45, 2.75) is 49.7 Å². The number of para-hydroxylation sites is 2. The molecule has 0 bridgehead atoms. The zero-order chi connectivity index (χ0) is 28.5. The van der Waals surface area contributed by atoms with E-state index in [-0.39, 0.29) is 11.8 Å². The lowest BCUT2D eigenvalue weighted by Crippen LogP contribution is -2.30. The molecule has 0 aliphatic rings. The van der Waals surface area contributed by atoms with Gasteiger partial charge < -0.3 is 20.1 Å². The molecule has 8 heteroatoms. The average Bonchev–Trinajstić information content (AvgIpc) is 2.93. The second-order valence-corrected chi connectivity index (χ2v) is 11.5. The number of carbonyl (C=O) groups excluding carboxylic acids is 2. The van der Waals surface area contributed by atoms with Crippen LogP contribution in [0.2, 0.25) is 0 Å². The van der Waals surface area contributed by atoms with Crippen LogP contribution in [-0.4, -0.2) is 24.0 Å². The minimum absolute atomic E-state index is 0.241. The molecule has 40 heavy (non-hydrogen) atoms. The lowest BCUT2D eigenvalue weighted by atomic mass is 10.2. The van der Waals surface area contributed by atoms with E-state index in [1.165, 1.54) is 21.6 Å². The van der Waals surface area contributed by atoms with Crippen molar-refractivity contribution in [3.05, 3.63) is 108 Å². The summed E-state index contributed by atoms with van der Waals surface area (Å²) in [5.74, 6) is 0.820. The molecule has 2 atom stereocenters. The van der Waals surface area contributed by atoms with E-state index in [9.17, 15) is 9.59 Å². The van der Waals surface area contributed by atoms with E-state index >= 15 is 0 Å². The van der Waals surface area contributed by atoms with E-state index < -0.39 is 12.2 Å². The van der Waals surface area contributed by atoms with Gasteiger partial charge in [-0.3, -0.25) is 9.59 Å². The molecule has 2 N–H and O–H groups in total.